The van der Waals surface area contributed by atoms with Crippen molar-refractivity contribution in [3.05, 3.63) is 10.5 Å². The Morgan fingerprint density at radius 2 is 1.85 bits per heavy atom. The van der Waals surface area contributed by atoms with E-state index in [0.29, 0.717) is 29.9 Å². The van der Waals surface area contributed by atoms with Crippen LogP contribution in [0.1, 0.15) is 85.5 Å². The van der Waals surface area contributed by atoms with Crippen molar-refractivity contribution in [1.82, 2.24) is 0 Å². The van der Waals surface area contributed by atoms with Crippen LogP contribution < -0.4 is 0 Å². The molecule has 0 heterocycles. The number of hydrogen-bond acceptors (Lipinski definition) is 5. The predicted octanol–water partition coefficient (Wildman–Crippen LogP) is 5.38. The Balaban J connectivity index is 1.65. The van der Waals surface area contributed by atoms with E-state index >= 15 is 0 Å². The number of carbonyl (C=O) groups is 3. The first-order valence-corrected chi connectivity index (χ1v) is 13.3. The van der Waals surface area contributed by atoms with Gasteiger partial charge < -0.3 is 9.84 Å². The smallest absolute Gasteiger partial charge is 0.304 e. The van der Waals surface area contributed by atoms with E-state index in [1.807, 2.05) is 6.92 Å². The van der Waals surface area contributed by atoms with Crippen molar-refractivity contribution in [3.63, 3.8) is 0 Å². The van der Waals surface area contributed by atoms with Gasteiger partial charge in [-0.2, -0.15) is 0 Å². The number of carbonyl (C=O) groups excluding carboxylic acids is 2. The third-order valence-corrected chi connectivity index (χ3v) is 10.6. The second-order valence-corrected chi connectivity index (χ2v) is 12.0. The summed E-state index contributed by atoms with van der Waals surface area (Å²) < 4.78 is 6.00. The predicted molar refractivity (Wildman–Crippen MR) is 128 cm³/mol. The highest BCUT2D eigenvalue weighted by molar-refractivity contribution is 8.04. The molecule has 0 aromatic heterocycles. The summed E-state index contributed by atoms with van der Waals surface area (Å²) >= 11 is 1.46. The van der Waals surface area contributed by atoms with E-state index in [1.54, 1.807) is 0 Å². The highest BCUT2D eigenvalue weighted by Gasteiger charge is 2.66. The summed E-state index contributed by atoms with van der Waals surface area (Å²) in [5.41, 5.74) is 0.439. The number of Topliss-reactive ketones (excluding diaryl/α,β-unsaturated/α-hetero) is 1. The lowest BCUT2D eigenvalue weighted by atomic mass is 9.46. The van der Waals surface area contributed by atoms with E-state index in [2.05, 4.69) is 25.7 Å². The molecular formula is C27H36O5S. The van der Waals surface area contributed by atoms with Crippen molar-refractivity contribution in [2.24, 2.45) is 28.6 Å². The van der Waals surface area contributed by atoms with Crippen LogP contribution in [0.25, 0.3) is 0 Å². The second-order valence-electron chi connectivity index (χ2n) is 10.8. The minimum absolute atomic E-state index is 0.00711. The molecule has 1 N–H and O–H groups in total. The molecule has 180 valence electrons. The first kappa shape index (κ1) is 24.4. The van der Waals surface area contributed by atoms with Crippen LogP contribution in [0.2, 0.25) is 0 Å². The lowest BCUT2D eigenvalue weighted by molar-refractivity contribution is -0.169. The van der Waals surface area contributed by atoms with Gasteiger partial charge in [-0.15, -0.1) is 17.7 Å². The number of ketones is 1. The van der Waals surface area contributed by atoms with E-state index in [4.69, 9.17) is 9.84 Å². The van der Waals surface area contributed by atoms with Crippen LogP contribution >= 0.6 is 11.8 Å². The van der Waals surface area contributed by atoms with E-state index < -0.39 is 11.6 Å². The van der Waals surface area contributed by atoms with Gasteiger partial charge in [-0.25, -0.2) is 0 Å². The molecule has 0 spiro atoms. The summed E-state index contributed by atoms with van der Waals surface area (Å²) in [5.74, 6) is 7.47. The van der Waals surface area contributed by atoms with Gasteiger partial charge in [0.1, 0.15) is 0 Å². The Morgan fingerprint density at radius 3 is 2.52 bits per heavy atom. The van der Waals surface area contributed by atoms with Gasteiger partial charge in [-0.05, 0) is 80.6 Å². The summed E-state index contributed by atoms with van der Waals surface area (Å²) in [6, 6.07) is 0. The Kier molecular flexibility index (Phi) is 6.50. The summed E-state index contributed by atoms with van der Waals surface area (Å²) in [6.07, 6.45) is 7.31. The number of allylic oxidation sites excluding steroid dienone is 1. The minimum Gasteiger partial charge on any atom is -0.481 e. The summed E-state index contributed by atoms with van der Waals surface area (Å²) in [7, 11) is 0. The molecule has 4 rings (SSSR count). The third-order valence-electron chi connectivity index (χ3n) is 9.40. The fraction of sp³-hybridized carbons (Fsp3) is 0.741. The van der Waals surface area contributed by atoms with E-state index in [0.717, 1.165) is 49.9 Å². The van der Waals surface area contributed by atoms with Crippen LogP contribution in [-0.4, -0.2) is 34.2 Å². The summed E-state index contributed by atoms with van der Waals surface area (Å²) in [4.78, 5) is 36.7. The number of rotatable bonds is 5. The molecule has 0 aromatic carbocycles. The minimum atomic E-state index is -0.818. The number of aliphatic carboxylic acids is 1. The highest BCUT2D eigenvalue weighted by atomic mass is 32.2. The monoisotopic (exact) mass is 472 g/mol. The van der Waals surface area contributed by atoms with Crippen LogP contribution in [0.3, 0.4) is 0 Å². The Morgan fingerprint density at radius 1 is 1.12 bits per heavy atom. The van der Waals surface area contributed by atoms with Crippen molar-refractivity contribution in [2.75, 3.05) is 5.75 Å². The van der Waals surface area contributed by atoms with Crippen molar-refractivity contribution < 1.29 is 24.2 Å². The van der Waals surface area contributed by atoms with Gasteiger partial charge in [0.05, 0.1) is 11.3 Å². The Hall–Kier alpha value is -1.74. The van der Waals surface area contributed by atoms with E-state index in [-0.39, 0.29) is 29.0 Å². The van der Waals surface area contributed by atoms with Gasteiger partial charge in [0.2, 0.25) is 0 Å². The van der Waals surface area contributed by atoms with Gasteiger partial charge in [-0.1, -0.05) is 19.8 Å². The molecule has 3 saturated carbocycles. The van der Waals surface area contributed by atoms with Gasteiger partial charge >= 0.3 is 11.9 Å². The number of thioether (sulfide) groups is 1. The second kappa shape index (κ2) is 8.80. The van der Waals surface area contributed by atoms with Crippen molar-refractivity contribution in [3.8, 4) is 11.8 Å². The highest BCUT2D eigenvalue weighted by Crippen LogP contribution is 2.68. The molecule has 4 aliphatic carbocycles. The van der Waals surface area contributed by atoms with E-state index in [1.165, 1.54) is 24.3 Å². The quantitative estimate of drug-likeness (QED) is 0.427. The fourth-order valence-electron chi connectivity index (χ4n) is 7.92. The molecule has 6 heteroatoms. The molecule has 0 aliphatic heterocycles. The van der Waals surface area contributed by atoms with Crippen molar-refractivity contribution in [1.29, 1.82) is 0 Å². The average Bonchev–Trinajstić information content (AvgIpc) is 3.01. The first-order chi connectivity index (χ1) is 15.6. The molecule has 3 fully saturated rings. The average molecular weight is 473 g/mol. The van der Waals surface area contributed by atoms with Gasteiger partial charge in [0.15, 0.2) is 11.4 Å². The van der Waals surface area contributed by atoms with Gasteiger partial charge in [-0.3, -0.25) is 14.4 Å². The van der Waals surface area contributed by atoms with Crippen molar-refractivity contribution >= 4 is 29.5 Å². The standard InChI is InChI=1S/C27H36O5S/c1-5-12-27(32-17(2)28)15-9-20-18-6-7-21-24(33-16-11-23(30)31)22(29)10-13-25(21,3)19(18)8-14-26(20,27)4/h18-20H,6-11,13-16H2,1-4H3,(H,30,31)/t18-,19+,20+,25-,26+,27-/m1/s1. The number of ether oxygens (including phenoxy) is 1. The molecule has 0 amide bonds. The molecule has 0 aromatic rings. The van der Waals surface area contributed by atoms with Crippen LogP contribution in [-0.2, 0) is 19.1 Å². The molecule has 33 heavy (non-hydrogen) atoms. The number of carboxylic acid groups (broad SMARTS) is 1. The molecular weight excluding hydrogens is 436 g/mol. The number of fused-ring (bicyclic) bond motifs is 5. The van der Waals surface area contributed by atoms with Crippen LogP contribution in [0.4, 0.5) is 0 Å². The number of carboxylic acids is 1. The molecule has 0 saturated heterocycles. The molecule has 0 unspecified atom stereocenters. The summed E-state index contributed by atoms with van der Waals surface area (Å²) in [6.45, 7) is 7.96. The number of hydrogen-bond donors (Lipinski definition) is 1. The zero-order valence-corrected chi connectivity index (χ0v) is 21.1. The van der Waals surface area contributed by atoms with Gasteiger partial charge in [0.25, 0.3) is 0 Å². The zero-order valence-electron chi connectivity index (χ0n) is 20.3. The number of esters is 1. The SMILES string of the molecule is CC#C[C@@]1(OC(C)=O)CC[C@H]2[C@@H]3CCC4=C(SCCC(=O)O)C(=O)CC[C@]4(C)[C@H]3CC[C@@]21C. The maximum absolute atomic E-state index is 12.8. The van der Waals surface area contributed by atoms with Crippen LogP contribution in [0, 0.1) is 40.4 Å². The largest absolute Gasteiger partial charge is 0.481 e. The maximum atomic E-state index is 12.8. The van der Waals surface area contributed by atoms with Crippen molar-refractivity contribution in [2.45, 2.75) is 91.1 Å². The molecule has 4 aliphatic rings. The van der Waals surface area contributed by atoms with Crippen LogP contribution in [0.5, 0.6) is 0 Å². The topological polar surface area (TPSA) is 80.7 Å². The van der Waals surface area contributed by atoms with E-state index in [9.17, 15) is 14.4 Å². The normalized spacial score (nSPS) is 39.6. The third kappa shape index (κ3) is 3.85. The first-order valence-electron chi connectivity index (χ1n) is 12.3. The van der Waals surface area contributed by atoms with Crippen LogP contribution in [0.15, 0.2) is 10.5 Å². The Bertz CT molecular complexity index is 957. The fourth-order valence-corrected chi connectivity index (χ4v) is 9.17. The lowest BCUT2D eigenvalue weighted by Gasteiger charge is -2.59. The molecule has 0 bridgehead atoms. The van der Waals surface area contributed by atoms with Gasteiger partial charge in [0, 0.05) is 24.5 Å². The molecule has 5 nitrogen and oxygen atoms in total. The maximum Gasteiger partial charge on any atom is 0.304 e. The Labute approximate surface area is 201 Å². The molecule has 6 atom stereocenters. The lowest BCUT2D eigenvalue weighted by Crippen LogP contribution is -2.55. The molecule has 0 radical (unpaired) electrons. The zero-order chi connectivity index (χ0) is 24.0. The summed E-state index contributed by atoms with van der Waals surface area (Å²) in [5, 5.41) is 9.04.